The van der Waals surface area contributed by atoms with Crippen molar-refractivity contribution in [3.8, 4) is 0 Å². The van der Waals surface area contributed by atoms with Crippen molar-refractivity contribution in [1.82, 2.24) is 0 Å². The summed E-state index contributed by atoms with van der Waals surface area (Å²) in [6.45, 7) is 2.28. The third kappa shape index (κ3) is 25.4. The zero-order valence-electron chi connectivity index (χ0n) is 15.1. The van der Waals surface area contributed by atoms with Gasteiger partial charge in [-0.1, -0.05) is 110 Å². The van der Waals surface area contributed by atoms with Crippen molar-refractivity contribution in [2.45, 2.75) is 122 Å². The first-order chi connectivity index (χ1) is 10.8. The minimum atomic E-state index is -0.652. The van der Waals surface area contributed by atoms with Crippen LogP contribution >= 0.6 is 0 Å². The van der Waals surface area contributed by atoms with Gasteiger partial charge in [-0.3, -0.25) is 4.79 Å². The second-order valence-electron chi connectivity index (χ2n) is 6.80. The molecule has 0 aromatic heterocycles. The number of hydrogen-bond donors (Lipinski definition) is 1. The molecule has 0 saturated carbocycles. The Labute approximate surface area is 185 Å². The van der Waals surface area contributed by atoms with Gasteiger partial charge in [0.05, 0.1) is 0 Å². The van der Waals surface area contributed by atoms with Crippen molar-refractivity contribution in [3.05, 3.63) is 0 Å². The molecule has 23 heavy (non-hydrogen) atoms. The summed E-state index contributed by atoms with van der Waals surface area (Å²) in [6.07, 6.45) is 23.1. The standard InChI is InChI=1S/C20H40O2.Ba.2H/c1-2-3-4-5-6-7-8-9-10-11-12-13-14-15-16-17-18-19-20(21)22;;;/h2-19H2,1H3,(H,21,22);;;. The van der Waals surface area contributed by atoms with E-state index in [0.717, 1.165) is 12.8 Å². The van der Waals surface area contributed by atoms with E-state index in [0.29, 0.717) is 6.42 Å². The van der Waals surface area contributed by atoms with Crippen molar-refractivity contribution in [2.24, 2.45) is 0 Å². The van der Waals surface area contributed by atoms with E-state index < -0.39 is 5.97 Å². The molecule has 1 N–H and O–H groups in total. The van der Waals surface area contributed by atoms with Crippen LogP contribution in [0.3, 0.4) is 0 Å². The van der Waals surface area contributed by atoms with Gasteiger partial charge in [0.25, 0.3) is 0 Å². The van der Waals surface area contributed by atoms with Gasteiger partial charge in [-0.05, 0) is 6.42 Å². The molecule has 0 rings (SSSR count). The molecule has 136 valence electrons. The predicted molar refractivity (Wildman–Crippen MR) is 105 cm³/mol. The molecule has 0 aromatic carbocycles. The molecular formula is C20H42BaO2. The molecule has 0 aliphatic heterocycles. The third-order valence-corrected chi connectivity index (χ3v) is 4.49. The summed E-state index contributed by atoms with van der Waals surface area (Å²) in [5, 5.41) is 8.54. The fourth-order valence-electron chi connectivity index (χ4n) is 3.00. The summed E-state index contributed by atoms with van der Waals surface area (Å²) in [5.74, 6) is -0.652. The number of unbranched alkanes of at least 4 members (excludes halogenated alkanes) is 16. The van der Waals surface area contributed by atoms with Gasteiger partial charge in [-0.25, -0.2) is 0 Å². The van der Waals surface area contributed by atoms with E-state index in [9.17, 15) is 4.79 Å². The summed E-state index contributed by atoms with van der Waals surface area (Å²) < 4.78 is 0. The summed E-state index contributed by atoms with van der Waals surface area (Å²) in [6, 6.07) is 0. The van der Waals surface area contributed by atoms with Crippen molar-refractivity contribution >= 4 is 54.9 Å². The van der Waals surface area contributed by atoms with Crippen LogP contribution in [0.15, 0.2) is 0 Å². The van der Waals surface area contributed by atoms with Crippen molar-refractivity contribution in [3.63, 3.8) is 0 Å². The topological polar surface area (TPSA) is 37.3 Å². The molecule has 0 aromatic rings. The molecule has 0 amide bonds. The van der Waals surface area contributed by atoms with Crippen molar-refractivity contribution < 1.29 is 9.90 Å². The van der Waals surface area contributed by atoms with E-state index in [-0.39, 0.29) is 48.9 Å². The molecular weight excluding hydrogens is 410 g/mol. The molecule has 0 aliphatic carbocycles. The van der Waals surface area contributed by atoms with Crippen LogP contribution < -0.4 is 0 Å². The third-order valence-electron chi connectivity index (χ3n) is 4.49. The van der Waals surface area contributed by atoms with Gasteiger partial charge in [0.15, 0.2) is 0 Å². The van der Waals surface area contributed by atoms with Crippen LogP contribution in [0.1, 0.15) is 122 Å². The quantitative estimate of drug-likeness (QED) is 0.199. The molecule has 0 fully saturated rings. The minimum absolute atomic E-state index is 0. The average Bonchev–Trinajstić information content (AvgIpc) is 2.50. The molecule has 0 aliphatic rings. The number of carbonyl (C=O) groups is 1. The van der Waals surface area contributed by atoms with Crippen molar-refractivity contribution in [2.75, 3.05) is 0 Å². The Bertz CT molecular complexity index is 232. The van der Waals surface area contributed by atoms with Gasteiger partial charge in [0.1, 0.15) is 0 Å². The molecule has 0 radical (unpaired) electrons. The molecule has 0 heterocycles. The SMILES string of the molecule is CCCCCCCCCCCCCCCCCCCC(=O)O.[BaH2]. The summed E-state index contributed by atoms with van der Waals surface area (Å²) in [4.78, 5) is 10.4. The van der Waals surface area contributed by atoms with E-state index in [1.54, 1.807) is 0 Å². The predicted octanol–water partition coefficient (Wildman–Crippen LogP) is 6.20. The van der Waals surface area contributed by atoms with Gasteiger partial charge in [-0.2, -0.15) is 0 Å². The van der Waals surface area contributed by atoms with E-state index in [1.807, 2.05) is 0 Å². The number of hydrogen-bond acceptors (Lipinski definition) is 1. The summed E-state index contributed by atoms with van der Waals surface area (Å²) in [7, 11) is 0. The molecule has 2 nitrogen and oxygen atoms in total. The van der Waals surface area contributed by atoms with E-state index in [2.05, 4.69) is 6.92 Å². The van der Waals surface area contributed by atoms with Crippen LogP contribution in [-0.2, 0) is 4.79 Å². The van der Waals surface area contributed by atoms with Crippen LogP contribution in [0.5, 0.6) is 0 Å². The maximum absolute atomic E-state index is 10.4. The molecule has 0 bridgehead atoms. The Kier molecular flexibility index (Phi) is 26.3. The number of carboxylic acids is 1. The Morgan fingerprint density at radius 3 is 1.09 bits per heavy atom. The summed E-state index contributed by atoms with van der Waals surface area (Å²) >= 11 is 0. The van der Waals surface area contributed by atoms with Crippen LogP contribution in [0.2, 0.25) is 0 Å². The Balaban J connectivity index is 0. The average molecular weight is 452 g/mol. The molecule has 0 saturated heterocycles. The van der Waals surface area contributed by atoms with Gasteiger partial charge in [-0.15, -0.1) is 0 Å². The van der Waals surface area contributed by atoms with Gasteiger partial charge in [0, 0.05) is 6.42 Å². The Hall–Kier alpha value is 1.04. The Morgan fingerprint density at radius 1 is 0.565 bits per heavy atom. The van der Waals surface area contributed by atoms with Crippen LogP contribution in [0, 0.1) is 0 Å². The van der Waals surface area contributed by atoms with Crippen LogP contribution in [-0.4, -0.2) is 60.0 Å². The molecule has 0 atom stereocenters. The van der Waals surface area contributed by atoms with E-state index >= 15 is 0 Å². The molecule has 0 unspecified atom stereocenters. The number of carboxylic acid groups (broad SMARTS) is 1. The first kappa shape index (κ1) is 26.3. The van der Waals surface area contributed by atoms with Gasteiger partial charge < -0.3 is 5.11 Å². The first-order valence-corrected chi connectivity index (χ1v) is 9.99. The monoisotopic (exact) mass is 452 g/mol. The fraction of sp³-hybridized carbons (Fsp3) is 0.950. The molecule has 0 spiro atoms. The zero-order valence-corrected chi connectivity index (χ0v) is 15.1. The van der Waals surface area contributed by atoms with Crippen LogP contribution in [0.25, 0.3) is 0 Å². The second kappa shape index (κ2) is 23.0. The maximum atomic E-state index is 10.4. The number of aliphatic carboxylic acids is 1. The number of rotatable bonds is 18. The Morgan fingerprint density at radius 2 is 0.826 bits per heavy atom. The first-order valence-electron chi connectivity index (χ1n) is 9.99. The van der Waals surface area contributed by atoms with Gasteiger partial charge in [0.2, 0.25) is 0 Å². The van der Waals surface area contributed by atoms with Gasteiger partial charge >= 0.3 is 54.9 Å². The fourth-order valence-corrected chi connectivity index (χ4v) is 3.00. The van der Waals surface area contributed by atoms with Crippen molar-refractivity contribution in [1.29, 1.82) is 0 Å². The van der Waals surface area contributed by atoms with E-state index in [4.69, 9.17) is 5.11 Å². The molecule has 3 heteroatoms. The van der Waals surface area contributed by atoms with Crippen LogP contribution in [0.4, 0.5) is 0 Å². The normalized spacial score (nSPS) is 10.5. The summed E-state index contributed by atoms with van der Waals surface area (Å²) in [5.41, 5.74) is 0. The zero-order chi connectivity index (χ0) is 16.3. The second-order valence-corrected chi connectivity index (χ2v) is 6.80. The van der Waals surface area contributed by atoms with E-state index in [1.165, 1.54) is 96.3 Å².